The maximum atomic E-state index is 13.4. The van der Waals surface area contributed by atoms with Gasteiger partial charge in [-0.15, -0.1) is 5.10 Å². The van der Waals surface area contributed by atoms with Gasteiger partial charge in [0.2, 0.25) is 15.8 Å². The predicted molar refractivity (Wildman–Crippen MR) is 124 cm³/mol. The summed E-state index contributed by atoms with van der Waals surface area (Å²) in [6.45, 7) is 1.71. The first-order valence-corrected chi connectivity index (χ1v) is 11.6. The molecule has 2 heterocycles. The number of anilines is 2. The van der Waals surface area contributed by atoms with E-state index in [0.29, 0.717) is 17.2 Å². The second-order valence-electron chi connectivity index (χ2n) is 7.62. The van der Waals surface area contributed by atoms with Gasteiger partial charge in [0.15, 0.2) is 0 Å². The zero-order chi connectivity index (χ0) is 22.3. The molecule has 0 saturated heterocycles. The summed E-state index contributed by atoms with van der Waals surface area (Å²) in [5.41, 5.74) is 9.63. The lowest BCUT2D eigenvalue weighted by Gasteiger charge is -2.24. The van der Waals surface area contributed by atoms with E-state index >= 15 is 0 Å². The molecule has 0 amide bonds. The molecule has 8 heteroatoms. The number of nitrogens with zero attached hydrogens (tertiary/aromatic N) is 3. The number of hydrogen-bond acceptors (Lipinski definition) is 6. The second-order valence-corrected chi connectivity index (χ2v) is 9.43. The molecule has 1 unspecified atom stereocenters. The molecule has 32 heavy (non-hydrogen) atoms. The molecule has 0 bridgehead atoms. The van der Waals surface area contributed by atoms with Crippen molar-refractivity contribution in [2.75, 3.05) is 11.1 Å². The van der Waals surface area contributed by atoms with Gasteiger partial charge in [-0.2, -0.15) is 4.98 Å². The average Bonchev–Trinajstić information content (AvgIpc) is 3.25. The van der Waals surface area contributed by atoms with E-state index in [1.165, 1.54) is 6.07 Å². The standard InChI is InChI=1S/C24H21N5O2S/c1-16-14-19(25)12-13-22(16)32(30,31)24-27-23-26-20(17-8-4-2-5-9-17)15-21(29(23)28-24)18-10-6-3-7-11-18/h2-15,21H,25H2,1H3,(H,26,27,28). The Kier molecular flexibility index (Phi) is 4.79. The third-order valence-electron chi connectivity index (χ3n) is 5.40. The van der Waals surface area contributed by atoms with Crippen LogP contribution in [0.1, 0.15) is 22.7 Å². The number of nitrogen functional groups attached to an aromatic ring is 1. The van der Waals surface area contributed by atoms with Gasteiger partial charge in [0.05, 0.1) is 4.90 Å². The SMILES string of the molecule is Cc1cc(N)ccc1S(=O)(=O)c1nc2n(n1)C(c1ccccc1)C=C(c1ccccc1)N2. The first-order chi connectivity index (χ1) is 15.4. The molecule has 7 nitrogen and oxygen atoms in total. The Morgan fingerprint density at radius 3 is 2.34 bits per heavy atom. The molecular weight excluding hydrogens is 422 g/mol. The number of benzene rings is 3. The zero-order valence-electron chi connectivity index (χ0n) is 17.3. The molecule has 1 aliphatic rings. The quantitative estimate of drug-likeness (QED) is 0.461. The lowest BCUT2D eigenvalue weighted by atomic mass is 10.0. The summed E-state index contributed by atoms with van der Waals surface area (Å²) >= 11 is 0. The minimum atomic E-state index is -3.93. The Labute approximate surface area is 186 Å². The minimum Gasteiger partial charge on any atom is -0.399 e. The van der Waals surface area contributed by atoms with Gasteiger partial charge in [-0.25, -0.2) is 13.1 Å². The van der Waals surface area contributed by atoms with Crippen molar-refractivity contribution in [2.24, 2.45) is 0 Å². The molecule has 160 valence electrons. The Morgan fingerprint density at radius 2 is 1.66 bits per heavy atom. The highest BCUT2D eigenvalue weighted by Gasteiger charge is 2.31. The lowest BCUT2D eigenvalue weighted by Crippen LogP contribution is -2.20. The highest BCUT2D eigenvalue weighted by atomic mass is 32.2. The third kappa shape index (κ3) is 3.44. The highest BCUT2D eigenvalue weighted by Crippen LogP contribution is 2.34. The summed E-state index contributed by atoms with van der Waals surface area (Å²) in [6, 6.07) is 24.0. The van der Waals surface area contributed by atoms with Crippen molar-refractivity contribution < 1.29 is 8.42 Å². The van der Waals surface area contributed by atoms with E-state index in [1.807, 2.05) is 66.7 Å². The van der Waals surface area contributed by atoms with Crippen LogP contribution in [0.15, 0.2) is 95.0 Å². The average molecular weight is 444 g/mol. The van der Waals surface area contributed by atoms with E-state index in [0.717, 1.165) is 16.8 Å². The monoisotopic (exact) mass is 443 g/mol. The molecule has 5 rings (SSSR count). The Morgan fingerprint density at radius 1 is 0.969 bits per heavy atom. The minimum absolute atomic E-state index is 0.141. The van der Waals surface area contributed by atoms with Crippen LogP contribution in [-0.4, -0.2) is 23.2 Å². The van der Waals surface area contributed by atoms with Gasteiger partial charge in [-0.1, -0.05) is 60.7 Å². The first kappa shape index (κ1) is 20.0. The number of aryl methyl sites for hydroxylation is 1. The van der Waals surface area contributed by atoms with Crippen molar-refractivity contribution >= 4 is 27.2 Å². The summed E-state index contributed by atoms with van der Waals surface area (Å²) < 4.78 is 28.3. The fourth-order valence-electron chi connectivity index (χ4n) is 3.83. The first-order valence-electron chi connectivity index (χ1n) is 10.1. The van der Waals surface area contributed by atoms with Crippen LogP contribution in [0, 0.1) is 6.92 Å². The molecule has 4 aromatic rings. The molecule has 1 atom stereocenters. The van der Waals surface area contributed by atoms with Gasteiger partial charge in [0.25, 0.3) is 5.16 Å². The molecule has 0 radical (unpaired) electrons. The Bertz CT molecular complexity index is 1430. The number of nitrogens with two attached hydrogens (primary N) is 1. The van der Waals surface area contributed by atoms with E-state index in [-0.39, 0.29) is 16.1 Å². The van der Waals surface area contributed by atoms with E-state index in [2.05, 4.69) is 15.4 Å². The molecule has 0 fully saturated rings. The van der Waals surface area contributed by atoms with Gasteiger partial charge in [0.1, 0.15) is 6.04 Å². The number of nitrogens with one attached hydrogen (secondary N) is 1. The van der Waals surface area contributed by atoms with Crippen LogP contribution in [0.2, 0.25) is 0 Å². The maximum Gasteiger partial charge on any atom is 0.273 e. The molecule has 0 aliphatic carbocycles. The van der Waals surface area contributed by atoms with Gasteiger partial charge >= 0.3 is 0 Å². The normalized spacial score (nSPS) is 15.5. The van der Waals surface area contributed by atoms with Crippen LogP contribution in [0.3, 0.4) is 0 Å². The Balaban J connectivity index is 1.64. The smallest absolute Gasteiger partial charge is 0.273 e. The molecule has 0 saturated carbocycles. The molecule has 0 spiro atoms. The van der Waals surface area contributed by atoms with Crippen LogP contribution in [0.25, 0.3) is 5.70 Å². The van der Waals surface area contributed by atoms with Crippen LogP contribution < -0.4 is 11.1 Å². The molecule has 3 N–H and O–H groups in total. The fraction of sp³-hybridized carbons (Fsp3) is 0.0833. The van der Waals surface area contributed by atoms with E-state index in [4.69, 9.17) is 5.73 Å². The van der Waals surface area contributed by atoms with Gasteiger partial charge < -0.3 is 11.1 Å². The molecular formula is C24H21N5O2S. The van der Waals surface area contributed by atoms with Crippen LogP contribution in [-0.2, 0) is 9.84 Å². The van der Waals surface area contributed by atoms with E-state index in [9.17, 15) is 8.42 Å². The van der Waals surface area contributed by atoms with Gasteiger partial charge in [-0.05, 0) is 47.9 Å². The van der Waals surface area contributed by atoms with Crippen LogP contribution in [0.4, 0.5) is 11.6 Å². The fourth-order valence-corrected chi connectivity index (χ4v) is 5.16. The van der Waals surface area contributed by atoms with Gasteiger partial charge in [0, 0.05) is 11.4 Å². The second kappa shape index (κ2) is 7.65. The van der Waals surface area contributed by atoms with Crippen molar-refractivity contribution in [2.45, 2.75) is 23.0 Å². The van der Waals surface area contributed by atoms with Gasteiger partial charge in [-0.3, -0.25) is 0 Å². The van der Waals surface area contributed by atoms with E-state index in [1.54, 1.807) is 23.7 Å². The summed E-state index contributed by atoms with van der Waals surface area (Å²) in [7, 11) is -3.93. The summed E-state index contributed by atoms with van der Waals surface area (Å²) in [5.74, 6) is 0.367. The van der Waals surface area contributed by atoms with Crippen molar-refractivity contribution in [3.8, 4) is 0 Å². The van der Waals surface area contributed by atoms with E-state index < -0.39 is 9.84 Å². The predicted octanol–water partition coefficient (Wildman–Crippen LogP) is 4.06. The van der Waals surface area contributed by atoms with Crippen molar-refractivity contribution in [3.63, 3.8) is 0 Å². The molecule has 1 aliphatic heterocycles. The third-order valence-corrected chi connectivity index (χ3v) is 7.09. The maximum absolute atomic E-state index is 13.4. The number of aromatic nitrogens is 3. The van der Waals surface area contributed by atoms with Crippen molar-refractivity contribution in [1.29, 1.82) is 0 Å². The summed E-state index contributed by atoms with van der Waals surface area (Å²) in [4.78, 5) is 4.54. The Hall–Kier alpha value is -3.91. The van der Waals surface area contributed by atoms with Crippen molar-refractivity contribution in [3.05, 3.63) is 102 Å². The molecule has 1 aromatic heterocycles. The summed E-state index contributed by atoms with van der Waals surface area (Å²) in [5, 5.41) is 7.42. The lowest BCUT2D eigenvalue weighted by molar-refractivity contribution is 0.568. The zero-order valence-corrected chi connectivity index (χ0v) is 18.1. The number of rotatable bonds is 4. The largest absolute Gasteiger partial charge is 0.399 e. The van der Waals surface area contributed by atoms with Crippen LogP contribution >= 0.6 is 0 Å². The number of fused-ring (bicyclic) bond motifs is 1. The van der Waals surface area contributed by atoms with Crippen LogP contribution in [0.5, 0.6) is 0 Å². The number of hydrogen-bond donors (Lipinski definition) is 2. The highest BCUT2D eigenvalue weighted by molar-refractivity contribution is 7.91. The van der Waals surface area contributed by atoms with Crippen molar-refractivity contribution in [1.82, 2.24) is 14.8 Å². The topological polar surface area (TPSA) is 103 Å². The number of allylic oxidation sites excluding steroid dienone is 1. The number of sulfone groups is 1. The summed E-state index contributed by atoms with van der Waals surface area (Å²) in [6.07, 6.45) is 2.03. The molecule has 3 aromatic carbocycles.